The van der Waals surface area contributed by atoms with Gasteiger partial charge in [0.1, 0.15) is 18.0 Å². The summed E-state index contributed by atoms with van der Waals surface area (Å²) in [4.78, 5) is 11.5. The van der Waals surface area contributed by atoms with Crippen LogP contribution < -0.4 is 20.1 Å². The van der Waals surface area contributed by atoms with Gasteiger partial charge in [0.25, 0.3) is 0 Å². The van der Waals surface area contributed by atoms with Gasteiger partial charge in [0.15, 0.2) is 5.11 Å². The van der Waals surface area contributed by atoms with Crippen LogP contribution >= 0.6 is 12.2 Å². The molecule has 0 aromatic heterocycles. The Balaban J connectivity index is 2.46. The number of methoxy groups -OCH3 is 2. The minimum absolute atomic E-state index is 0.0218. The lowest BCUT2D eigenvalue weighted by Gasteiger charge is -2.14. The molecule has 1 rings (SSSR count). The third kappa shape index (κ3) is 6.17. The summed E-state index contributed by atoms with van der Waals surface area (Å²) in [6, 6.07) is 5.31. The molecule has 0 spiro atoms. The van der Waals surface area contributed by atoms with Crippen molar-refractivity contribution in [3.05, 3.63) is 18.2 Å². The van der Waals surface area contributed by atoms with Gasteiger partial charge in [0.05, 0.1) is 26.5 Å². The Morgan fingerprint density at radius 1 is 1.27 bits per heavy atom. The van der Waals surface area contributed by atoms with Crippen LogP contribution in [-0.2, 0) is 9.53 Å². The standard InChI is InChI=1S/C15H22N2O4S/c1-4-5-8-21-14(18)10-16-15(22)17-12-7-6-11(19-2)9-13(12)20-3/h6-7,9H,4-5,8,10H2,1-3H3,(H2,16,17,22). The largest absolute Gasteiger partial charge is 0.497 e. The number of hydrogen-bond acceptors (Lipinski definition) is 5. The normalized spacial score (nSPS) is 9.77. The molecule has 0 saturated carbocycles. The van der Waals surface area contributed by atoms with Crippen molar-refractivity contribution in [3.63, 3.8) is 0 Å². The van der Waals surface area contributed by atoms with E-state index in [1.807, 2.05) is 6.92 Å². The third-order valence-corrected chi connectivity index (χ3v) is 3.06. The second-order valence-electron chi connectivity index (χ2n) is 4.45. The second-order valence-corrected chi connectivity index (χ2v) is 4.86. The van der Waals surface area contributed by atoms with Crippen LogP contribution in [0.4, 0.5) is 5.69 Å². The first-order valence-corrected chi connectivity index (χ1v) is 7.44. The third-order valence-electron chi connectivity index (χ3n) is 2.81. The molecular formula is C15H22N2O4S. The number of thiocarbonyl (C=S) groups is 1. The molecule has 0 radical (unpaired) electrons. The molecular weight excluding hydrogens is 304 g/mol. The molecule has 7 heteroatoms. The van der Waals surface area contributed by atoms with E-state index in [4.69, 9.17) is 26.4 Å². The topological polar surface area (TPSA) is 68.8 Å². The Labute approximate surface area is 136 Å². The first-order valence-electron chi connectivity index (χ1n) is 7.03. The fourth-order valence-electron chi connectivity index (χ4n) is 1.60. The average Bonchev–Trinajstić information content (AvgIpc) is 2.53. The van der Waals surface area contributed by atoms with E-state index in [1.54, 1.807) is 32.4 Å². The van der Waals surface area contributed by atoms with Crippen molar-refractivity contribution in [1.29, 1.82) is 0 Å². The van der Waals surface area contributed by atoms with E-state index < -0.39 is 0 Å². The van der Waals surface area contributed by atoms with Crippen LogP contribution in [0.5, 0.6) is 11.5 Å². The van der Waals surface area contributed by atoms with Gasteiger partial charge in [-0.1, -0.05) is 13.3 Å². The number of anilines is 1. The molecule has 0 saturated heterocycles. The molecule has 0 heterocycles. The number of hydrogen-bond donors (Lipinski definition) is 2. The summed E-state index contributed by atoms with van der Waals surface area (Å²) < 4.78 is 15.4. The van der Waals surface area contributed by atoms with Gasteiger partial charge in [0, 0.05) is 6.07 Å². The summed E-state index contributed by atoms with van der Waals surface area (Å²) in [7, 11) is 3.14. The highest BCUT2D eigenvalue weighted by Crippen LogP contribution is 2.28. The Hall–Kier alpha value is -2.02. The van der Waals surface area contributed by atoms with E-state index in [0.29, 0.717) is 28.9 Å². The van der Waals surface area contributed by atoms with Gasteiger partial charge >= 0.3 is 5.97 Å². The number of nitrogens with one attached hydrogen (secondary N) is 2. The first-order chi connectivity index (χ1) is 10.6. The maximum Gasteiger partial charge on any atom is 0.325 e. The van der Waals surface area contributed by atoms with Gasteiger partial charge in [-0.3, -0.25) is 4.79 Å². The van der Waals surface area contributed by atoms with Gasteiger partial charge in [0.2, 0.25) is 0 Å². The van der Waals surface area contributed by atoms with Crippen molar-refractivity contribution >= 4 is 29.0 Å². The molecule has 0 aliphatic heterocycles. The van der Waals surface area contributed by atoms with Crippen LogP contribution in [0.2, 0.25) is 0 Å². The molecule has 22 heavy (non-hydrogen) atoms. The van der Waals surface area contributed by atoms with Crippen LogP contribution in [-0.4, -0.2) is 38.5 Å². The van der Waals surface area contributed by atoms with Crippen molar-refractivity contribution in [2.45, 2.75) is 19.8 Å². The van der Waals surface area contributed by atoms with Gasteiger partial charge in [-0.05, 0) is 30.8 Å². The second kappa shape index (κ2) is 9.83. The number of rotatable bonds is 8. The summed E-state index contributed by atoms with van der Waals surface area (Å²) in [5.74, 6) is 0.939. The van der Waals surface area contributed by atoms with E-state index in [2.05, 4.69) is 10.6 Å². The van der Waals surface area contributed by atoms with Crippen LogP contribution in [0.15, 0.2) is 18.2 Å². The number of carbonyl (C=O) groups excluding carboxylic acids is 1. The highest BCUT2D eigenvalue weighted by Gasteiger charge is 2.08. The molecule has 0 amide bonds. The van der Waals surface area contributed by atoms with E-state index in [1.165, 1.54) is 0 Å². The van der Waals surface area contributed by atoms with Crippen molar-refractivity contribution in [2.75, 3.05) is 32.7 Å². The molecule has 2 N–H and O–H groups in total. The Morgan fingerprint density at radius 2 is 2.05 bits per heavy atom. The zero-order valence-corrected chi connectivity index (χ0v) is 13.9. The highest BCUT2D eigenvalue weighted by molar-refractivity contribution is 7.80. The Kier molecular flexibility index (Phi) is 8.06. The minimum Gasteiger partial charge on any atom is -0.497 e. The van der Waals surface area contributed by atoms with Crippen molar-refractivity contribution < 1.29 is 19.0 Å². The van der Waals surface area contributed by atoms with Crippen LogP contribution in [0.25, 0.3) is 0 Å². The number of benzene rings is 1. The first kappa shape index (κ1) is 18.0. The maximum atomic E-state index is 11.5. The lowest BCUT2D eigenvalue weighted by Crippen LogP contribution is -2.34. The number of ether oxygens (including phenoxy) is 3. The summed E-state index contributed by atoms with van der Waals surface area (Å²) in [5.41, 5.74) is 0.681. The fraction of sp³-hybridized carbons (Fsp3) is 0.467. The molecule has 1 aromatic rings. The molecule has 0 aliphatic rings. The lowest BCUT2D eigenvalue weighted by molar-refractivity contribution is -0.142. The minimum atomic E-state index is -0.334. The molecule has 0 unspecified atom stereocenters. The lowest BCUT2D eigenvalue weighted by atomic mass is 10.2. The van der Waals surface area contributed by atoms with Crippen molar-refractivity contribution in [3.8, 4) is 11.5 Å². The fourth-order valence-corrected chi connectivity index (χ4v) is 1.78. The zero-order chi connectivity index (χ0) is 16.4. The zero-order valence-electron chi connectivity index (χ0n) is 13.1. The van der Waals surface area contributed by atoms with Gasteiger partial charge in [-0.2, -0.15) is 0 Å². The smallest absolute Gasteiger partial charge is 0.325 e. The van der Waals surface area contributed by atoms with E-state index in [9.17, 15) is 4.79 Å². The van der Waals surface area contributed by atoms with Gasteiger partial charge < -0.3 is 24.8 Å². The molecule has 0 atom stereocenters. The SMILES string of the molecule is CCCCOC(=O)CNC(=S)Nc1ccc(OC)cc1OC. The molecule has 0 bridgehead atoms. The monoisotopic (exact) mass is 326 g/mol. The number of carbonyl (C=O) groups is 1. The van der Waals surface area contributed by atoms with Gasteiger partial charge in [-0.25, -0.2) is 0 Å². The quantitative estimate of drug-likeness (QED) is 0.432. The Bertz CT molecular complexity index is 508. The molecule has 1 aromatic carbocycles. The van der Waals surface area contributed by atoms with E-state index in [0.717, 1.165) is 12.8 Å². The van der Waals surface area contributed by atoms with E-state index in [-0.39, 0.29) is 12.5 Å². The Morgan fingerprint density at radius 3 is 2.68 bits per heavy atom. The summed E-state index contributed by atoms with van der Waals surface area (Å²) in [6.45, 7) is 2.49. The van der Waals surface area contributed by atoms with Crippen LogP contribution in [0.1, 0.15) is 19.8 Å². The van der Waals surface area contributed by atoms with Gasteiger partial charge in [-0.15, -0.1) is 0 Å². The average molecular weight is 326 g/mol. The maximum absolute atomic E-state index is 11.5. The van der Waals surface area contributed by atoms with Crippen molar-refractivity contribution in [1.82, 2.24) is 5.32 Å². The molecule has 0 aliphatic carbocycles. The molecule has 122 valence electrons. The predicted octanol–water partition coefficient (Wildman–Crippen LogP) is 2.33. The predicted molar refractivity (Wildman–Crippen MR) is 89.6 cm³/mol. The number of unbranched alkanes of at least 4 members (excludes halogenated alkanes) is 1. The van der Waals surface area contributed by atoms with Crippen LogP contribution in [0.3, 0.4) is 0 Å². The van der Waals surface area contributed by atoms with Crippen molar-refractivity contribution in [2.24, 2.45) is 0 Å². The summed E-state index contributed by atoms with van der Waals surface area (Å²) >= 11 is 5.14. The van der Waals surface area contributed by atoms with Crippen LogP contribution in [0, 0.1) is 0 Å². The highest BCUT2D eigenvalue weighted by atomic mass is 32.1. The molecule has 0 fully saturated rings. The molecule has 6 nitrogen and oxygen atoms in total. The summed E-state index contributed by atoms with van der Waals surface area (Å²) in [5, 5.41) is 6.08. The summed E-state index contributed by atoms with van der Waals surface area (Å²) in [6.07, 6.45) is 1.84. The van der Waals surface area contributed by atoms with E-state index >= 15 is 0 Å². The number of esters is 1.